The molecule has 0 radical (unpaired) electrons. The van der Waals surface area contributed by atoms with Gasteiger partial charge in [-0.1, -0.05) is 18.2 Å². The van der Waals surface area contributed by atoms with Crippen LogP contribution in [0.1, 0.15) is 0 Å². The summed E-state index contributed by atoms with van der Waals surface area (Å²) in [6, 6.07) is 11.9. The standard InChI is InChI=1S/C12H9FINO2S/c13-9-6-7-12(11(14)8-9)15-18(16,17)10-4-2-1-3-5-10/h1-8,15H. The minimum Gasteiger partial charge on any atom is -0.279 e. The first kappa shape index (κ1) is 13.3. The molecule has 2 rings (SSSR count). The lowest BCUT2D eigenvalue weighted by Gasteiger charge is -2.09. The Hall–Kier alpha value is -1.15. The van der Waals surface area contributed by atoms with E-state index in [1.165, 1.54) is 30.3 Å². The van der Waals surface area contributed by atoms with E-state index in [4.69, 9.17) is 0 Å². The lowest BCUT2D eigenvalue weighted by Crippen LogP contribution is -2.13. The molecule has 0 heterocycles. The Kier molecular flexibility index (Phi) is 3.86. The molecule has 6 heteroatoms. The van der Waals surface area contributed by atoms with Crippen molar-refractivity contribution in [2.24, 2.45) is 0 Å². The molecule has 3 nitrogen and oxygen atoms in total. The molecule has 18 heavy (non-hydrogen) atoms. The highest BCUT2D eigenvalue weighted by Gasteiger charge is 2.14. The smallest absolute Gasteiger partial charge is 0.261 e. The highest BCUT2D eigenvalue weighted by molar-refractivity contribution is 14.1. The lowest BCUT2D eigenvalue weighted by atomic mass is 10.3. The molecule has 0 bridgehead atoms. The van der Waals surface area contributed by atoms with Crippen LogP contribution in [0.25, 0.3) is 0 Å². The Bertz CT molecular complexity index is 659. The quantitative estimate of drug-likeness (QED) is 0.835. The number of sulfonamides is 1. The van der Waals surface area contributed by atoms with Gasteiger partial charge in [-0.3, -0.25) is 4.72 Å². The Morgan fingerprint density at radius 1 is 1.06 bits per heavy atom. The van der Waals surface area contributed by atoms with Gasteiger partial charge in [0.2, 0.25) is 0 Å². The molecule has 0 atom stereocenters. The average Bonchev–Trinajstić information content (AvgIpc) is 2.34. The molecule has 0 saturated heterocycles. The fraction of sp³-hybridized carbons (Fsp3) is 0. The summed E-state index contributed by atoms with van der Waals surface area (Å²) >= 11 is 1.88. The molecule has 2 aromatic rings. The third-order valence-corrected chi connectivity index (χ3v) is 4.50. The van der Waals surface area contributed by atoms with Crippen molar-refractivity contribution in [1.82, 2.24) is 0 Å². The molecule has 0 saturated carbocycles. The summed E-state index contributed by atoms with van der Waals surface area (Å²) in [5, 5.41) is 0. The van der Waals surface area contributed by atoms with Crippen LogP contribution in [0, 0.1) is 9.39 Å². The van der Waals surface area contributed by atoms with E-state index in [0.29, 0.717) is 9.26 Å². The lowest BCUT2D eigenvalue weighted by molar-refractivity contribution is 0.601. The molecule has 1 N–H and O–H groups in total. The van der Waals surface area contributed by atoms with Crippen LogP contribution in [-0.2, 0) is 10.0 Å². The third kappa shape index (κ3) is 2.99. The van der Waals surface area contributed by atoms with Gasteiger partial charge in [-0.05, 0) is 52.9 Å². The zero-order valence-electron chi connectivity index (χ0n) is 9.10. The molecule has 0 amide bonds. The van der Waals surface area contributed by atoms with Gasteiger partial charge in [0.15, 0.2) is 0 Å². The summed E-state index contributed by atoms with van der Waals surface area (Å²) in [4.78, 5) is 0.171. The molecular weight excluding hydrogens is 368 g/mol. The van der Waals surface area contributed by atoms with Crippen LogP contribution in [0.2, 0.25) is 0 Å². The summed E-state index contributed by atoms with van der Waals surface area (Å²) in [6.07, 6.45) is 0. The maximum Gasteiger partial charge on any atom is 0.261 e. The second-order valence-corrected chi connectivity index (χ2v) is 6.39. The minimum atomic E-state index is -3.63. The summed E-state index contributed by atoms with van der Waals surface area (Å²) in [6.45, 7) is 0. The first-order valence-corrected chi connectivity index (χ1v) is 7.58. The molecule has 0 aliphatic rings. The van der Waals surface area contributed by atoms with Gasteiger partial charge in [0.1, 0.15) is 5.82 Å². The molecule has 0 unspecified atom stereocenters. The Morgan fingerprint density at radius 2 is 1.72 bits per heavy atom. The number of hydrogen-bond acceptors (Lipinski definition) is 2. The van der Waals surface area contributed by atoms with Crippen LogP contribution < -0.4 is 4.72 Å². The second-order valence-electron chi connectivity index (χ2n) is 3.54. The van der Waals surface area contributed by atoms with Crippen molar-refractivity contribution in [2.75, 3.05) is 4.72 Å². The number of benzene rings is 2. The van der Waals surface area contributed by atoms with Gasteiger partial charge < -0.3 is 0 Å². The van der Waals surface area contributed by atoms with Gasteiger partial charge in [0.25, 0.3) is 10.0 Å². The summed E-state index contributed by atoms with van der Waals surface area (Å²) < 4.78 is 39.9. The van der Waals surface area contributed by atoms with E-state index in [1.54, 1.807) is 18.2 Å². The SMILES string of the molecule is O=S(=O)(Nc1ccc(F)cc1I)c1ccccc1. The van der Waals surface area contributed by atoms with E-state index in [0.717, 1.165) is 0 Å². The molecule has 0 aromatic heterocycles. The molecule has 0 spiro atoms. The van der Waals surface area contributed by atoms with Crippen LogP contribution in [0.5, 0.6) is 0 Å². The zero-order valence-corrected chi connectivity index (χ0v) is 12.1. The molecule has 0 aliphatic heterocycles. The predicted octanol–water partition coefficient (Wildman–Crippen LogP) is 3.23. The van der Waals surface area contributed by atoms with Crippen molar-refractivity contribution in [3.63, 3.8) is 0 Å². The van der Waals surface area contributed by atoms with Crippen molar-refractivity contribution in [1.29, 1.82) is 0 Å². The van der Waals surface area contributed by atoms with Crippen LogP contribution in [0.4, 0.5) is 10.1 Å². The van der Waals surface area contributed by atoms with E-state index in [-0.39, 0.29) is 4.90 Å². The summed E-state index contributed by atoms with van der Waals surface area (Å²) in [5.74, 6) is -0.401. The van der Waals surface area contributed by atoms with Crippen LogP contribution in [0.3, 0.4) is 0 Å². The van der Waals surface area contributed by atoms with Crippen LogP contribution >= 0.6 is 22.6 Å². The van der Waals surface area contributed by atoms with Crippen molar-refractivity contribution in [3.05, 3.63) is 57.9 Å². The number of anilines is 1. The van der Waals surface area contributed by atoms with E-state index in [9.17, 15) is 12.8 Å². The van der Waals surface area contributed by atoms with Crippen LogP contribution in [-0.4, -0.2) is 8.42 Å². The first-order chi connectivity index (χ1) is 8.49. The number of hydrogen-bond donors (Lipinski definition) is 1. The summed E-state index contributed by atoms with van der Waals surface area (Å²) in [5.41, 5.74) is 0.362. The van der Waals surface area contributed by atoms with Gasteiger partial charge in [-0.2, -0.15) is 0 Å². The Morgan fingerprint density at radius 3 is 2.33 bits per heavy atom. The number of nitrogens with one attached hydrogen (secondary N) is 1. The Balaban J connectivity index is 2.34. The van der Waals surface area contributed by atoms with Gasteiger partial charge >= 0.3 is 0 Å². The van der Waals surface area contributed by atoms with Gasteiger partial charge in [-0.15, -0.1) is 0 Å². The third-order valence-electron chi connectivity index (χ3n) is 2.23. The van der Waals surface area contributed by atoms with Crippen molar-refractivity contribution < 1.29 is 12.8 Å². The highest BCUT2D eigenvalue weighted by atomic mass is 127. The predicted molar refractivity (Wildman–Crippen MR) is 76.4 cm³/mol. The maximum atomic E-state index is 12.9. The van der Waals surface area contributed by atoms with E-state index >= 15 is 0 Å². The Labute approximate surface area is 118 Å². The zero-order chi connectivity index (χ0) is 13.2. The number of rotatable bonds is 3. The van der Waals surface area contributed by atoms with Gasteiger partial charge in [0, 0.05) is 3.57 Å². The fourth-order valence-corrected chi connectivity index (χ4v) is 3.27. The number of halogens is 2. The fourth-order valence-electron chi connectivity index (χ4n) is 1.38. The highest BCUT2D eigenvalue weighted by Crippen LogP contribution is 2.22. The average molecular weight is 377 g/mol. The summed E-state index contributed by atoms with van der Waals surface area (Å²) in [7, 11) is -3.63. The molecule has 94 valence electrons. The molecule has 2 aromatic carbocycles. The largest absolute Gasteiger partial charge is 0.279 e. The minimum absolute atomic E-state index is 0.171. The first-order valence-electron chi connectivity index (χ1n) is 5.02. The van der Waals surface area contributed by atoms with E-state index in [2.05, 4.69) is 4.72 Å². The van der Waals surface area contributed by atoms with E-state index in [1.807, 2.05) is 22.6 Å². The van der Waals surface area contributed by atoms with Crippen molar-refractivity contribution in [2.45, 2.75) is 4.90 Å². The molecule has 0 aliphatic carbocycles. The van der Waals surface area contributed by atoms with E-state index < -0.39 is 15.8 Å². The van der Waals surface area contributed by atoms with Gasteiger partial charge in [0.05, 0.1) is 10.6 Å². The van der Waals surface area contributed by atoms with Crippen molar-refractivity contribution in [3.8, 4) is 0 Å². The van der Waals surface area contributed by atoms with Gasteiger partial charge in [-0.25, -0.2) is 12.8 Å². The maximum absolute atomic E-state index is 12.9. The topological polar surface area (TPSA) is 46.2 Å². The van der Waals surface area contributed by atoms with Crippen LogP contribution in [0.15, 0.2) is 53.4 Å². The molecular formula is C12H9FINO2S. The van der Waals surface area contributed by atoms with Crippen molar-refractivity contribution >= 4 is 38.3 Å². The normalized spacial score (nSPS) is 11.2. The second kappa shape index (κ2) is 5.23. The monoisotopic (exact) mass is 377 g/mol. The molecule has 0 fully saturated rings.